The Hall–Kier alpha value is -2.55. The van der Waals surface area contributed by atoms with Gasteiger partial charge >= 0.3 is 0 Å². The van der Waals surface area contributed by atoms with Crippen molar-refractivity contribution in [2.75, 3.05) is 9.44 Å². The molecule has 0 fully saturated rings. The van der Waals surface area contributed by atoms with Crippen molar-refractivity contribution in [2.24, 2.45) is 0 Å². The Kier molecular flexibility index (Phi) is 5.88. The summed E-state index contributed by atoms with van der Waals surface area (Å²) in [6.07, 6.45) is 0. The van der Waals surface area contributed by atoms with Crippen LogP contribution in [0, 0.1) is 13.8 Å². The zero-order valence-corrected chi connectivity index (χ0v) is 18.1. The first kappa shape index (κ1) is 21.2. The first-order valence-electron chi connectivity index (χ1n) is 8.55. The highest BCUT2D eigenvalue weighted by Crippen LogP contribution is 2.24. The third-order valence-corrected chi connectivity index (χ3v) is 7.37. The molecule has 0 saturated carbocycles. The number of benzene rings is 3. The molecule has 0 aliphatic heterocycles. The zero-order valence-electron chi connectivity index (χ0n) is 15.7. The molecule has 0 saturated heterocycles. The van der Waals surface area contributed by atoms with E-state index in [0.29, 0.717) is 10.7 Å². The standard InChI is InChI=1S/C20H19ClN2O4S2/c1-14-3-9-18(10-4-14)28(24,25)22-16-7-11-19(12-8-16)29(26,27)23-17-6-5-15(2)20(21)13-17/h3-13,22-23H,1-2H3. The second-order valence-corrected chi connectivity index (χ2v) is 10.3. The van der Waals surface area contributed by atoms with Crippen molar-refractivity contribution >= 4 is 43.0 Å². The Labute approximate surface area is 175 Å². The first-order valence-corrected chi connectivity index (χ1v) is 11.9. The molecule has 6 nitrogen and oxygen atoms in total. The summed E-state index contributed by atoms with van der Waals surface area (Å²) in [4.78, 5) is 0.116. The number of halogens is 1. The normalized spacial score (nSPS) is 11.8. The highest BCUT2D eigenvalue weighted by Gasteiger charge is 2.17. The summed E-state index contributed by atoms with van der Waals surface area (Å²) in [6, 6.07) is 16.7. The van der Waals surface area contributed by atoms with E-state index in [1.807, 2.05) is 13.8 Å². The van der Waals surface area contributed by atoms with Crippen molar-refractivity contribution in [3.8, 4) is 0 Å². The van der Waals surface area contributed by atoms with E-state index >= 15 is 0 Å². The van der Waals surface area contributed by atoms with E-state index in [1.54, 1.807) is 24.3 Å². The van der Waals surface area contributed by atoms with Gasteiger partial charge in [0.2, 0.25) is 0 Å². The Morgan fingerprint density at radius 2 is 1.10 bits per heavy atom. The van der Waals surface area contributed by atoms with Crippen molar-refractivity contribution in [3.05, 3.63) is 82.9 Å². The van der Waals surface area contributed by atoms with Crippen molar-refractivity contribution in [3.63, 3.8) is 0 Å². The molecular weight excluding hydrogens is 432 g/mol. The zero-order chi connectivity index (χ0) is 21.2. The molecule has 3 rings (SSSR count). The van der Waals surface area contributed by atoms with E-state index in [2.05, 4.69) is 9.44 Å². The van der Waals surface area contributed by atoms with Crippen LogP contribution in [0.1, 0.15) is 11.1 Å². The lowest BCUT2D eigenvalue weighted by atomic mass is 10.2. The van der Waals surface area contributed by atoms with E-state index in [1.165, 1.54) is 42.5 Å². The number of sulfonamides is 2. The van der Waals surface area contributed by atoms with Gasteiger partial charge in [-0.3, -0.25) is 9.44 Å². The van der Waals surface area contributed by atoms with E-state index in [9.17, 15) is 16.8 Å². The summed E-state index contributed by atoms with van der Waals surface area (Å²) < 4.78 is 54.9. The van der Waals surface area contributed by atoms with Gasteiger partial charge in [-0.25, -0.2) is 16.8 Å². The van der Waals surface area contributed by atoms with Crippen molar-refractivity contribution in [1.29, 1.82) is 0 Å². The summed E-state index contributed by atoms with van der Waals surface area (Å²) in [5.41, 5.74) is 2.37. The molecule has 29 heavy (non-hydrogen) atoms. The molecule has 0 radical (unpaired) electrons. The Balaban J connectivity index is 1.78. The average Bonchev–Trinajstić information content (AvgIpc) is 2.65. The van der Waals surface area contributed by atoms with Gasteiger partial charge in [-0.2, -0.15) is 0 Å². The lowest BCUT2D eigenvalue weighted by Gasteiger charge is -2.11. The quantitative estimate of drug-likeness (QED) is 0.575. The third-order valence-electron chi connectivity index (χ3n) is 4.17. The second kappa shape index (κ2) is 8.06. The fourth-order valence-corrected chi connectivity index (χ4v) is 4.79. The Morgan fingerprint density at radius 1 is 0.655 bits per heavy atom. The second-order valence-electron chi connectivity index (χ2n) is 6.51. The van der Waals surface area contributed by atoms with Crippen LogP contribution in [-0.4, -0.2) is 16.8 Å². The van der Waals surface area contributed by atoms with Crippen LogP contribution >= 0.6 is 11.6 Å². The summed E-state index contributed by atoms with van der Waals surface area (Å²) >= 11 is 6.03. The fraction of sp³-hybridized carbons (Fsp3) is 0.100. The maximum atomic E-state index is 12.6. The maximum absolute atomic E-state index is 12.6. The van der Waals surface area contributed by atoms with Crippen LogP contribution in [0.25, 0.3) is 0 Å². The van der Waals surface area contributed by atoms with Crippen LogP contribution in [0.3, 0.4) is 0 Å². The summed E-state index contributed by atoms with van der Waals surface area (Å²) in [6.45, 7) is 3.68. The largest absolute Gasteiger partial charge is 0.280 e. The van der Waals surface area contributed by atoms with Crippen molar-refractivity contribution < 1.29 is 16.8 Å². The van der Waals surface area contributed by atoms with Crippen molar-refractivity contribution in [1.82, 2.24) is 0 Å². The number of aryl methyl sites for hydroxylation is 2. The van der Waals surface area contributed by atoms with Crippen LogP contribution < -0.4 is 9.44 Å². The molecule has 0 spiro atoms. The monoisotopic (exact) mass is 450 g/mol. The van der Waals surface area contributed by atoms with Crippen LogP contribution in [0.4, 0.5) is 11.4 Å². The minimum atomic E-state index is -3.85. The number of hydrogen-bond acceptors (Lipinski definition) is 4. The van der Waals surface area contributed by atoms with Crippen LogP contribution in [0.2, 0.25) is 5.02 Å². The smallest absolute Gasteiger partial charge is 0.261 e. The van der Waals surface area contributed by atoms with Crippen molar-refractivity contribution in [2.45, 2.75) is 23.6 Å². The maximum Gasteiger partial charge on any atom is 0.261 e. The molecule has 0 heterocycles. The molecule has 152 valence electrons. The lowest BCUT2D eigenvalue weighted by Crippen LogP contribution is -2.14. The van der Waals surface area contributed by atoms with Crippen LogP contribution in [0.5, 0.6) is 0 Å². The molecule has 0 amide bonds. The molecule has 0 bridgehead atoms. The average molecular weight is 451 g/mol. The highest BCUT2D eigenvalue weighted by molar-refractivity contribution is 7.93. The Morgan fingerprint density at radius 3 is 1.62 bits per heavy atom. The molecule has 0 aromatic heterocycles. The van der Waals surface area contributed by atoms with E-state index in [0.717, 1.165) is 11.1 Å². The van der Waals surface area contributed by atoms with Gasteiger partial charge in [0.1, 0.15) is 0 Å². The number of anilines is 2. The number of rotatable bonds is 6. The predicted octanol–water partition coefficient (Wildman–Crippen LogP) is 4.56. The SMILES string of the molecule is Cc1ccc(S(=O)(=O)Nc2ccc(S(=O)(=O)Nc3ccc(C)c(Cl)c3)cc2)cc1. The topological polar surface area (TPSA) is 92.3 Å². The number of nitrogens with one attached hydrogen (secondary N) is 2. The minimum Gasteiger partial charge on any atom is -0.280 e. The predicted molar refractivity (Wildman–Crippen MR) is 115 cm³/mol. The van der Waals surface area contributed by atoms with E-state index in [-0.39, 0.29) is 15.5 Å². The van der Waals surface area contributed by atoms with Gasteiger partial charge in [0, 0.05) is 10.7 Å². The molecule has 3 aromatic rings. The summed E-state index contributed by atoms with van der Waals surface area (Å²) in [5, 5.41) is 0.450. The summed E-state index contributed by atoms with van der Waals surface area (Å²) in [7, 11) is -7.61. The van der Waals surface area contributed by atoms with Gasteiger partial charge in [0.15, 0.2) is 0 Å². The van der Waals surface area contributed by atoms with Crippen LogP contribution in [0.15, 0.2) is 76.5 Å². The van der Waals surface area contributed by atoms with Crippen LogP contribution in [-0.2, 0) is 20.0 Å². The van der Waals surface area contributed by atoms with Gasteiger partial charge < -0.3 is 0 Å². The molecule has 0 aliphatic carbocycles. The fourth-order valence-electron chi connectivity index (χ4n) is 2.50. The van der Waals surface area contributed by atoms with E-state index in [4.69, 9.17) is 11.6 Å². The third kappa shape index (κ3) is 5.09. The van der Waals surface area contributed by atoms with Gasteiger partial charge in [-0.1, -0.05) is 35.4 Å². The minimum absolute atomic E-state index is 0.00696. The van der Waals surface area contributed by atoms with E-state index < -0.39 is 20.0 Å². The Bertz CT molecular complexity index is 1240. The molecule has 0 atom stereocenters. The molecule has 0 aliphatic rings. The van der Waals surface area contributed by atoms with Gasteiger partial charge in [-0.15, -0.1) is 0 Å². The molecule has 0 unspecified atom stereocenters. The molecular formula is C20H19ClN2O4S2. The molecule has 2 N–H and O–H groups in total. The van der Waals surface area contributed by atoms with Gasteiger partial charge in [0.05, 0.1) is 15.5 Å². The summed E-state index contributed by atoms with van der Waals surface area (Å²) in [5.74, 6) is 0. The highest BCUT2D eigenvalue weighted by atomic mass is 35.5. The first-order chi connectivity index (χ1) is 13.6. The molecule has 3 aromatic carbocycles. The van der Waals surface area contributed by atoms with Gasteiger partial charge in [-0.05, 0) is 67.9 Å². The molecule has 9 heteroatoms. The number of hydrogen-bond donors (Lipinski definition) is 2. The lowest BCUT2D eigenvalue weighted by molar-refractivity contribution is 0.600. The van der Waals surface area contributed by atoms with Gasteiger partial charge in [0.25, 0.3) is 20.0 Å².